The molecule has 0 aromatic carbocycles. The molecule has 1 aliphatic rings. The van der Waals surface area contributed by atoms with Crippen molar-refractivity contribution in [2.75, 3.05) is 19.6 Å². The van der Waals surface area contributed by atoms with E-state index in [1.807, 2.05) is 11.3 Å². The van der Waals surface area contributed by atoms with E-state index in [1.54, 1.807) is 0 Å². The molecule has 2 rings (SSSR count). The zero-order valence-corrected chi connectivity index (χ0v) is 15.2. The molecule has 1 fully saturated rings. The third kappa shape index (κ3) is 4.54. The summed E-state index contributed by atoms with van der Waals surface area (Å²) in [7, 11) is 0. The Morgan fingerprint density at radius 1 is 1.38 bits per heavy atom. The minimum atomic E-state index is 0.464. The first kappa shape index (κ1) is 17.0. The van der Waals surface area contributed by atoms with E-state index in [1.165, 1.54) is 54.2 Å². The smallest absolute Gasteiger partial charge is 0.0305 e. The summed E-state index contributed by atoms with van der Waals surface area (Å²) < 4.78 is 0. The van der Waals surface area contributed by atoms with Crippen LogP contribution in [0.5, 0.6) is 0 Å². The van der Waals surface area contributed by atoms with Crippen LogP contribution < -0.4 is 5.32 Å². The van der Waals surface area contributed by atoms with Gasteiger partial charge in [-0.3, -0.25) is 0 Å². The first-order chi connectivity index (χ1) is 10.0. The third-order valence-corrected chi connectivity index (χ3v) is 5.83. The molecule has 3 atom stereocenters. The summed E-state index contributed by atoms with van der Waals surface area (Å²) in [6, 6.07) is 3.42. The summed E-state index contributed by atoms with van der Waals surface area (Å²) in [5.41, 5.74) is 1.49. The fraction of sp³-hybridized carbons (Fsp3) is 0.778. The molecule has 1 saturated heterocycles. The van der Waals surface area contributed by atoms with E-state index in [0.717, 1.165) is 5.92 Å². The highest BCUT2D eigenvalue weighted by Gasteiger charge is 2.25. The van der Waals surface area contributed by atoms with Crippen LogP contribution in [0.2, 0.25) is 0 Å². The molecule has 21 heavy (non-hydrogen) atoms. The highest BCUT2D eigenvalue weighted by atomic mass is 32.1. The quantitative estimate of drug-likeness (QED) is 0.831. The molecule has 1 N–H and O–H groups in total. The number of piperidine rings is 1. The average Bonchev–Trinajstić information content (AvgIpc) is 2.78. The number of nitrogens with zero attached hydrogens (tertiary/aromatic N) is 1. The third-order valence-electron chi connectivity index (χ3n) is 4.85. The maximum absolute atomic E-state index is 3.86. The number of thiophene rings is 1. The van der Waals surface area contributed by atoms with Crippen molar-refractivity contribution >= 4 is 11.3 Å². The van der Waals surface area contributed by atoms with Gasteiger partial charge in [-0.25, -0.2) is 0 Å². The lowest BCUT2D eigenvalue weighted by Crippen LogP contribution is -2.45. The molecule has 0 spiro atoms. The Hall–Kier alpha value is -0.380. The maximum atomic E-state index is 3.86. The van der Waals surface area contributed by atoms with E-state index >= 15 is 0 Å². The van der Waals surface area contributed by atoms with E-state index in [-0.39, 0.29) is 0 Å². The summed E-state index contributed by atoms with van der Waals surface area (Å²) in [5.74, 6) is 0.799. The first-order valence-corrected chi connectivity index (χ1v) is 9.38. The van der Waals surface area contributed by atoms with Crippen LogP contribution >= 0.6 is 11.3 Å². The molecule has 120 valence electrons. The van der Waals surface area contributed by atoms with Crippen LogP contribution in [0.3, 0.4) is 0 Å². The molecule has 0 aliphatic carbocycles. The summed E-state index contributed by atoms with van der Waals surface area (Å²) >= 11 is 1.92. The van der Waals surface area contributed by atoms with E-state index in [0.29, 0.717) is 12.1 Å². The van der Waals surface area contributed by atoms with Gasteiger partial charge in [-0.05, 0) is 77.6 Å². The van der Waals surface area contributed by atoms with Gasteiger partial charge in [-0.15, -0.1) is 11.3 Å². The second-order valence-electron chi connectivity index (χ2n) is 6.75. The second-order valence-corrected chi connectivity index (χ2v) is 8.21. The number of rotatable bonds is 6. The minimum Gasteiger partial charge on any atom is -0.307 e. The highest BCUT2D eigenvalue weighted by molar-refractivity contribution is 7.12. The van der Waals surface area contributed by atoms with Gasteiger partial charge < -0.3 is 10.2 Å². The number of aryl methyl sites for hydroxylation is 2. The molecule has 0 amide bonds. The number of hydrogen-bond donors (Lipinski definition) is 1. The minimum absolute atomic E-state index is 0.464. The molecule has 3 heteroatoms. The molecule has 0 saturated carbocycles. The Bertz CT molecular complexity index is 438. The van der Waals surface area contributed by atoms with Crippen molar-refractivity contribution in [2.24, 2.45) is 5.92 Å². The van der Waals surface area contributed by atoms with Gasteiger partial charge in [0, 0.05) is 28.4 Å². The van der Waals surface area contributed by atoms with Crippen LogP contribution in [0, 0.1) is 19.8 Å². The van der Waals surface area contributed by atoms with Crippen LogP contribution in [-0.2, 0) is 0 Å². The van der Waals surface area contributed by atoms with Gasteiger partial charge in [0.25, 0.3) is 0 Å². The molecule has 2 heterocycles. The van der Waals surface area contributed by atoms with E-state index in [4.69, 9.17) is 0 Å². The lowest BCUT2D eigenvalue weighted by Gasteiger charge is -2.37. The molecule has 0 radical (unpaired) electrons. The van der Waals surface area contributed by atoms with Gasteiger partial charge in [-0.2, -0.15) is 0 Å². The summed E-state index contributed by atoms with van der Waals surface area (Å²) in [4.78, 5) is 5.54. The Morgan fingerprint density at radius 3 is 2.76 bits per heavy atom. The largest absolute Gasteiger partial charge is 0.307 e. The summed E-state index contributed by atoms with van der Waals surface area (Å²) in [6.07, 6.45) is 4.02. The number of likely N-dealkylation sites (tertiary alicyclic amines) is 1. The standard InChI is InChI=1S/C18H32N2S/c1-6-9-20-10-7-8-17(12-20)14(3)19-15(4)18-11-13(2)21-16(18)5/h11,14-15,17,19H,6-10,12H2,1-5H3. The Labute approximate surface area is 134 Å². The second kappa shape index (κ2) is 7.75. The number of nitrogens with one attached hydrogen (secondary N) is 1. The molecular formula is C18H32N2S. The SMILES string of the molecule is CCCN1CCCC(C(C)NC(C)c2cc(C)sc2C)C1. The Balaban J connectivity index is 1.91. The highest BCUT2D eigenvalue weighted by Crippen LogP contribution is 2.28. The van der Waals surface area contributed by atoms with Crippen molar-refractivity contribution in [3.8, 4) is 0 Å². The summed E-state index contributed by atoms with van der Waals surface area (Å²) in [6.45, 7) is 15.3. The van der Waals surface area contributed by atoms with Crippen molar-refractivity contribution in [1.82, 2.24) is 10.2 Å². The first-order valence-electron chi connectivity index (χ1n) is 8.56. The lowest BCUT2D eigenvalue weighted by atomic mass is 9.90. The van der Waals surface area contributed by atoms with Gasteiger partial charge in [-0.1, -0.05) is 6.92 Å². The zero-order valence-electron chi connectivity index (χ0n) is 14.4. The molecule has 1 aromatic heterocycles. The Kier molecular flexibility index (Phi) is 6.27. The van der Waals surface area contributed by atoms with E-state index < -0.39 is 0 Å². The average molecular weight is 309 g/mol. The number of hydrogen-bond acceptors (Lipinski definition) is 3. The van der Waals surface area contributed by atoms with Gasteiger partial charge in [0.2, 0.25) is 0 Å². The van der Waals surface area contributed by atoms with Crippen molar-refractivity contribution in [1.29, 1.82) is 0 Å². The Morgan fingerprint density at radius 2 is 2.14 bits per heavy atom. The fourth-order valence-corrected chi connectivity index (χ4v) is 4.74. The topological polar surface area (TPSA) is 15.3 Å². The maximum Gasteiger partial charge on any atom is 0.0305 e. The molecule has 1 aromatic rings. The van der Waals surface area contributed by atoms with Crippen LogP contribution in [0.4, 0.5) is 0 Å². The molecule has 1 aliphatic heterocycles. The molecule has 3 unspecified atom stereocenters. The fourth-order valence-electron chi connectivity index (χ4n) is 3.72. The predicted molar refractivity (Wildman–Crippen MR) is 94.3 cm³/mol. The molecular weight excluding hydrogens is 276 g/mol. The van der Waals surface area contributed by atoms with Gasteiger partial charge in [0.1, 0.15) is 0 Å². The van der Waals surface area contributed by atoms with E-state index in [2.05, 4.69) is 50.9 Å². The normalized spacial score (nSPS) is 23.2. The van der Waals surface area contributed by atoms with Gasteiger partial charge >= 0.3 is 0 Å². The van der Waals surface area contributed by atoms with Crippen molar-refractivity contribution in [2.45, 2.75) is 66.0 Å². The summed E-state index contributed by atoms with van der Waals surface area (Å²) in [5, 5.41) is 3.86. The van der Waals surface area contributed by atoms with Gasteiger partial charge in [0.15, 0.2) is 0 Å². The van der Waals surface area contributed by atoms with Crippen LogP contribution in [-0.4, -0.2) is 30.6 Å². The monoisotopic (exact) mass is 308 g/mol. The van der Waals surface area contributed by atoms with E-state index in [9.17, 15) is 0 Å². The van der Waals surface area contributed by atoms with Crippen molar-refractivity contribution in [3.63, 3.8) is 0 Å². The lowest BCUT2D eigenvalue weighted by molar-refractivity contribution is 0.147. The van der Waals surface area contributed by atoms with Crippen molar-refractivity contribution < 1.29 is 0 Å². The predicted octanol–water partition coefficient (Wildman–Crippen LogP) is 4.53. The zero-order chi connectivity index (χ0) is 15.4. The van der Waals surface area contributed by atoms with Gasteiger partial charge in [0.05, 0.1) is 0 Å². The van der Waals surface area contributed by atoms with Crippen molar-refractivity contribution in [3.05, 3.63) is 21.4 Å². The van der Waals surface area contributed by atoms with Crippen LogP contribution in [0.25, 0.3) is 0 Å². The van der Waals surface area contributed by atoms with Crippen LogP contribution in [0.1, 0.15) is 61.4 Å². The molecule has 0 bridgehead atoms. The molecule has 2 nitrogen and oxygen atoms in total. The van der Waals surface area contributed by atoms with Crippen LogP contribution in [0.15, 0.2) is 6.07 Å².